The molecule has 4 amide bonds. The van der Waals surface area contributed by atoms with Crippen molar-refractivity contribution in [3.63, 3.8) is 0 Å². The first kappa shape index (κ1) is 65.0. The number of Topliss-reactive ketones (excluding diaryl/α,β-unsaturated/α-hetero) is 1. The Hall–Kier alpha value is -8.48. The number of hydrogen-bond donors (Lipinski definition) is 1. The zero-order valence-electron chi connectivity index (χ0n) is 52.0. The predicted octanol–water partition coefficient (Wildman–Crippen LogP) is 10.3. The number of methoxy groups -OCH3 is 3. The summed E-state index contributed by atoms with van der Waals surface area (Å²) < 4.78 is 46.0. The molecule has 0 spiro atoms. The van der Waals surface area contributed by atoms with Crippen LogP contribution in [0.25, 0.3) is 0 Å². The summed E-state index contributed by atoms with van der Waals surface area (Å²) in [7, 11) is 4.71. The van der Waals surface area contributed by atoms with Gasteiger partial charge in [0.2, 0.25) is 11.5 Å². The number of anilines is 1. The summed E-state index contributed by atoms with van der Waals surface area (Å²) in [5, 5.41) is 7.09. The fourth-order valence-electron chi connectivity index (χ4n) is 10.5. The quantitative estimate of drug-likeness (QED) is 0.0115. The van der Waals surface area contributed by atoms with E-state index < -0.39 is 81.3 Å². The van der Waals surface area contributed by atoms with Gasteiger partial charge in [0.05, 0.1) is 56.8 Å². The molecule has 2 fully saturated rings. The largest absolute Gasteiger partial charge is 0.497 e. The second-order valence-corrected chi connectivity index (χ2v) is 26.9. The van der Waals surface area contributed by atoms with E-state index in [1.165, 1.54) is 40.8 Å². The highest BCUT2D eigenvalue weighted by Crippen LogP contribution is 2.50. The van der Waals surface area contributed by atoms with Gasteiger partial charge in [-0.3, -0.25) is 29.4 Å². The number of rotatable bonds is 24. The molecule has 5 heterocycles. The highest BCUT2D eigenvalue weighted by atomic mass is 32.2. The number of thiazole rings is 1. The van der Waals surface area contributed by atoms with Crippen molar-refractivity contribution in [3.05, 3.63) is 135 Å². The van der Waals surface area contributed by atoms with Crippen molar-refractivity contribution < 1.29 is 80.8 Å². The number of thioether (sulfide) groups is 1. The van der Waals surface area contributed by atoms with E-state index in [9.17, 15) is 33.6 Å². The SMILES string of the molecule is COc1ccc(COC(=O)C2=C(C[N+]3(CN4C(=O)c5cc(OCc6ccc(OC)cc6)c(OCc6ccc(OC)cc6)cc5C4=O)CCCC3)[C@H](C)S[C@@H]3[C@H](CC(=O)/C(=N\OC(C)(C)C(=O)OC(C)(C)C)c4csc(NC(=O)OC(C)(C)C)n4)C(=O)N23)cc1. The van der Waals surface area contributed by atoms with Gasteiger partial charge in [0.15, 0.2) is 34.8 Å². The minimum absolute atomic E-state index is 0.0148. The van der Waals surface area contributed by atoms with Gasteiger partial charge in [0, 0.05) is 35.5 Å². The van der Waals surface area contributed by atoms with Gasteiger partial charge in [-0.2, -0.15) is 0 Å². The number of amides is 4. The van der Waals surface area contributed by atoms with Gasteiger partial charge in [-0.15, -0.1) is 23.1 Å². The molecule has 9 rings (SSSR count). The molecular formula is C65H75N6O16S2+. The van der Waals surface area contributed by atoms with Crippen molar-refractivity contribution in [1.29, 1.82) is 0 Å². The summed E-state index contributed by atoms with van der Waals surface area (Å²) >= 11 is 2.37. The molecule has 1 aromatic heterocycles. The van der Waals surface area contributed by atoms with Crippen LogP contribution in [0.1, 0.15) is 125 Å². The maximum Gasteiger partial charge on any atom is 0.413 e. The lowest BCUT2D eigenvalue weighted by Crippen LogP contribution is -2.64. The van der Waals surface area contributed by atoms with E-state index >= 15 is 0 Å². The third-order valence-corrected chi connectivity index (χ3v) is 17.4. The second kappa shape index (κ2) is 26.7. The van der Waals surface area contributed by atoms with E-state index in [2.05, 4.69) is 15.5 Å². The molecular weight excluding hydrogens is 1180 g/mol. The minimum Gasteiger partial charge on any atom is -0.497 e. The lowest BCUT2D eigenvalue weighted by Gasteiger charge is -2.52. The lowest BCUT2D eigenvalue weighted by atomic mass is 9.88. The van der Waals surface area contributed by atoms with Gasteiger partial charge < -0.3 is 47.2 Å². The third-order valence-electron chi connectivity index (χ3n) is 15.1. The first-order valence-corrected chi connectivity index (χ1v) is 30.9. The number of carbonyl (C=O) groups excluding carboxylic acids is 7. The number of oxime groups is 1. The normalized spacial score (nSPS) is 18.1. The lowest BCUT2D eigenvalue weighted by molar-refractivity contribution is -0.919. The van der Waals surface area contributed by atoms with E-state index in [0.29, 0.717) is 41.5 Å². The molecule has 0 aliphatic carbocycles. The van der Waals surface area contributed by atoms with Gasteiger partial charge in [0.25, 0.3) is 11.8 Å². The number of benzene rings is 4. The van der Waals surface area contributed by atoms with Crippen molar-refractivity contribution in [2.24, 2.45) is 11.1 Å². The van der Waals surface area contributed by atoms with Gasteiger partial charge in [-0.05, 0) is 128 Å². The Morgan fingerprint density at radius 1 is 0.708 bits per heavy atom. The molecule has 0 bridgehead atoms. The summed E-state index contributed by atoms with van der Waals surface area (Å²) in [5.41, 5.74) is -0.580. The van der Waals surface area contributed by atoms with Crippen LogP contribution in [0.4, 0.5) is 9.93 Å². The molecule has 24 heteroatoms. The van der Waals surface area contributed by atoms with Crippen LogP contribution in [0.5, 0.6) is 28.7 Å². The van der Waals surface area contributed by atoms with E-state index in [1.54, 1.807) is 99.3 Å². The van der Waals surface area contributed by atoms with Gasteiger partial charge in [-0.1, -0.05) is 41.6 Å². The van der Waals surface area contributed by atoms with Crippen molar-refractivity contribution >= 4 is 75.5 Å². The molecule has 1 N–H and O–H groups in total. The highest BCUT2D eigenvalue weighted by molar-refractivity contribution is 8.00. The number of nitrogens with zero attached hydrogens (tertiary/aromatic N) is 5. The summed E-state index contributed by atoms with van der Waals surface area (Å²) in [6, 6.07) is 24.8. The average Bonchev–Trinajstić information content (AvgIpc) is 2.22. The van der Waals surface area contributed by atoms with Crippen LogP contribution in [0, 0.1) is 5.92 Å². The maximum absolute atomic E-state index is 14.9. The number of imide groups is 1. The van der Waals surface area contributed by atoms with E-state index in [0.717, 1.165) is 35.3 Å². The highest BCUT2D eigenvalue weighted by Gasteiger charge is 2.57. The fraction of sp³-hybridized carbons (Fsp3) is 0.431. The smallest absolute Gasteiger partial charge is 0.413 e. The van der Waals surface area contributed by atoms with Crippen LogP contribution < -0.4 is 29.0 Å². The van der Waals surface area contributed by atoms with Crippen LogP contribution in [-0.4, -0.2) is 142 Å². The molecule has 89 heavy (non-hydrogen) atoms. The minimum atomic E-state index is -1.70. The molecule has 4 aromatic carbocycles. The number of hydrogen-bond acceptors (Lipinski definition) is 20. The van der Waals surface area contributed by atoms with E-state index in [-0.39, 0.29) is 82.4 Å². The third kappa shape index (κ3) is 15.3. The number of carbonyl (C=O) groups is 7. The first-order chi connectivity index (χ1) is 42.2. The monoisotopic (exact) mass is 1260 g/mol. The summed E-state index contributed by atoms with van der Waals surface area (Å²) in [5.74, 6) is -2.33. The Morgan fingerprint density at radius 3 is 1.71 bits per heavy atom. The number of quaternary nitrogens is 1. The van der Waals surface area contributed by atoms with Crippen molar-refractivity contribution in [2.45, 2.75) is 129 Å². The number of fused-ring (bicyclic) bond motifs is 2. The van der Waals surface area contributed by atoms with Gasteiger partial charge in [-0.25, -0.2) is 24.3 Å². The molecule has 0 saturated carbocycles. The number of β-lactam (4-membered cyclic amide) rings is 1. The Balaban J connectivity index is 1.01. The predicted molar refractivity (Wildman–Crippen MR) is 331 cm³/mol. The number of aromatic nitrogens is 1. The molecule has 5 aromatic rings. The number of esters is 2. The van der Waals surface area contributed by atoms with Crippen LogP contribution in [0.15, 0.2) is 107 Å². The number of nitrogens with one attached hydrogen (secondary N) is 1. The molecule has 0 radical (unpaired) electrons. The van der Waals surface area contributed by atoms with Crippen molar-refractivity contribution in [1.82, 2.24) is 14.8 Å². The standard InChI is InChI=1S/C65H74N6O16S2/c1-38-48(32-71(27-13-14-28-71)37-69-55(73)45-30-51(82-33-39-15-21-42(79-10)22-16-39)52(31-46(45)56(69)74)83-34-40-17-23-43(80-11)24-18-40)54(59(76)84-35-41-19-25-44(81-12)26-20-41)70-57(75)47(58(70)89-38)29-50(72)53(68-87-65(8,9)60(77)85-63(2,3)4)49-36-88-61(66-49)67-62(78)86-64(5,6)7/h15-26,30-31,36,38,47,58H,13-14,27-29,32-35,37H2,1-12H3/p+1/b68-53-/t38-,47+,58+/m0/s1. The zero-order chi connectivity index (χ0) is 64.2. The maximum atomic E-state index is 14.9. The Labute approximate surface area is 525 Å². The van der Waals surface area contributed by atoms with Crippen molar-refractivity contribution in [2.75, 3.05) is 52.9 Å². The topological polar surface area (TPSA) is 246 Å². The fourth-order valence-corrected chi connectivity index (χ4v) is 12.7. The molecule has 22 nitrogen and oxygen atoms in total. The second-order valence-electron chi connectivity index (χ2n) is 24.6. The number of ether oxygens (including phenoxy) is 8. The van der Waals surface area contributed by atoms with Crippen molar-refractivity contribution in [3.8, 4) is 28.7 Å². The van der Waals surface area contributed by atoms with Crippen LogP contribution in [0.2, 0.25) is 0 Å². The van der Waals surface area contributed by atoms with Crippen LogP contribution >= 0.6 is 23.1 Å². The first-order valence-electron chi connectivity index (χ1n) is 29.1. The summed E-state index contributed by atoms with van der Waals surface area (Å²) in [6.45, 7) is 16.2. The Bertz CT molecular complexity index is 3470. The molecule has 2 saturated heterocycles. The molecule has 4 aliphatic heterocycles. The number of likely N-dealkylation sites (tertiary alicyclic amines) is 1. The molecule has 3 atom stereocenters. The van der Waals surface area contributed by atoms with Gasteiger partial charge in [0.1, 0.15) is 66.2 Å². The zero-order valence-corrected chi connectivity index (χ0v) is 53.7. The summed E-state index contributed by atoms with van der Waals surface area (Å²) in [4.78, 5) is 113. The average molecular weight is 1260 g/mol. The van der Waals surface area contributed by atoms with E-state index in [4.69, 9.17) is 42.7 Å². The van der Waals surface area contributed by atoms with Gasteiger partial charge >= 0.3 is 18.0 Å². The van der Waals surface area contributed by atoms with Crippen LogP contribution in [0.3, 0.4) is 0 Å². The van der Waals surface area contributed by atoms with Crippen LogP contribution in [-0.2, 0) is 58.0 Å². The molecule has 4 aliphatic rings. The Kier molecular flexibility index (Phi) is 19.5. The summed E-state index contributed by atoms with van der Waals surface area (Å²) in [6.07, 6.45) is 0.284. The number of ketones is 1. The van der Waals surface area contributed by atoms with E-state index in [1.807, 2.05) is 55.5 Å². The molecule has 472 valence electrons. The molecule has 0 unspecified atom stereocenters. The Morgan fingerprint density at radius 2 is 1.21 bits per heavy atom.